The van der Waals surface area contributed by atoms with Gasteiger partial charge in [0, 0.05) is 17.3 Å². The molecule has 0 unspecified atom stereocenters. The number of nitrogens with zero attached hydrogens (tertiary/aromatic N) is 1. The summed E-state index contributed by atoms with van der Waals surface area (Å²) in [5, 5.41) is 4.38. The first kappa shape index (κ1) is 13.2. The molecular formula is C17H13FN2O. The second kappa shape index (κ2) is 5.32. The summed E-state index contributed by atoms with van der Waals surface area (Å²) in [6, 6.07) is 14.0. The molecule has 1 amide bonds. The highest BCUT2D eigenvalue weighted by atomic mass is 19.1. The molecule has 0 aliphatic rings. The van der Waals surface area contributed by atoms with Crippen LogP contribution in [-0.4, -0.2) is 10.9 Å². The Kier molecular flexibility index (Phi) is 3.36. The van der Waals surface area contributed by atoms with E-state index in [2.05, 4.69) is 10.3 Å². The third-order valence-corrected chi connectivity index (χ3v) is 3.32. The number of anilines is 1. The van der Waals surface area contributed by atoms with E-state index >= 15 is 0 Å². The fraction of sp³-hybridized carbons (Fsp3) is 0.0588. The average Bonchev–Trinajstić information content (AvgIpc) is 2.50. The van der Waals surface area contributed by atoms with Crippen LogP contribution in [0.15, 0.2) is 54.7 Å². The molecule has 0 aliphatic carbocycles. The van der Waals surface area contributed by atoms with E-state index < -0.39 is 0 Å². The van der Waals surface area contributed by atoms with Gasteiger partial charge in [-0.15, -0.1) is 0 Å². The van der Waals surface area contributed by atoms with Gasteiger partial charge in [0.05, 0.1) is 0 Å². The molecule has 0 saturated carbocycles. The maximum Gasteiger partial charge on any atom is 0.274 e. The van der Waals surface area contributed by atoms with Gasteiger partial charge in [-0.2, -0.15) is 0 Å². The molecule has 0 fully saturated rings. The van der Waals surface area contributed by atoms with Crippen LogP contribution in [0, 0.1) is 12.7 Å². The van der Waals surface area contributed by atoms with E-state index in [4.69, 9.17) is 0 Å². The van der Waals surface area contributed by atoms with Crippen LogP contribution in [-0.2, 0) is 0 Å². The number of aromatic nitrogens is 1. The summed E-state index contributed by atoms with van der Waals surface area (Å²) >= 11 is 0. The maximum atomic E-state index is 13.5. The van der Waals surface area contributed by atoms with Crippen molar-refractivity contribution in [2.75, 3.05) is 5.32 Å². The van der Waals surface area contributed by atoms with E-state index in [9.17, 15) is 9.18 Å². The molecular weight excluding hydrogens is 267 g/mol. The lowest BCUT2D eigenvalue weighted by Crippen LogP contribution is -2.14. The Morgan fingerprint density at radius 2 is 1.95 bits per heavy atom. The number of pyridine rings is 1. The number of halogens is 1. The molecule has 0 atom stereocenters. The van der Waals surface area contributed by atoms with Gasteiger partial charge in [-0.25, -0.2) is 4.39 Å². The number of aryl methyl sites for hydroxylation is 1. The van der Waals surface area contributed by atoms with Crippen molar-refractivity contribution in [2.45, 2.75) is 6.92 Å². The predicted molar refractivity (Wildman–Crippen MR) is 80.8 cm³/mol. The molecule has 0 bridgehead atoms. The molecule has 0 saturated heterocycles. The van der Waals surface area contributed by atoms with E-state index in [-0.39, 0.29) is 11.7 Å². The lowest BCUT2D eigenvalue weighted by molar-refractivity contribution is 0.102. The first-order valence-corrected chi connectivity index (χ1v) is 6.56. The summed E-state index contributed by atoms with van der Waals surface area (Å²) in [7, 11) is 0. The largest absolute Gasteiger partial charge is 0.321 e. The third kappa shape index (κ3) is 2.60. The van der Waals surface area contributed by atoms with Crippen LogP contribution in [0.25, 0.3) is 10.8 Å². The quantitative estimate of drug-likeness (QED) is 0.772. The van der Waals surface area contributed by atoms with Gasteiger partial charge >= 0.3 is 0 Å². The van der Waals surface area contributed by atoms with Crippen LogP contribution in [0.4, 0.5) is 10.1 Å². The van der Waals surface area contributed by atoms with Crippen LogP contribution in [0.3, 0.4) is 0 Å². The number of fused-ring (bicyclic) bond motifs is 1. The Morgan fingerprint density at radius 3 is 2.76 bits per heavy atom. The summed E-state index contributed by atoms with van der Waals surface area (Å²) in [6.45, 7) is 1.67. The normalized spacial score (nSPS) is 10.6. The molecule has 0 aliphatic heterocycles. The van der Waals surface area contributed by atoms with E-state index in [0.717, 1.165) is 10.8 Å². The number of rotatable bonds is 2. The molecule has 1 N–H and O–H groups in total. The van der Waals surface area contributed by atoms with Crippen molar-refractivity contribution in [3.05, 3.63) is 71.8 Å². The lowest BCUT2D eigenvalue weighted by Gasteiger charge is -2.08. The molecule has 3 rings (SSSR count). The number of carbonyl (C=O) groups is 1. The summed E-state index contributed by atoms with van der Waals surface area (Å²) in [5.41, 5.74) is 1.28. The molecule has 3 nitrogen and oxygen atoms in total. The van der Waals surface area contributed by atoms with E-state index in [1.54, 1.807) is 25.3 Å². The first-order valence-electron chi connectivity index (χ1n) is 6.56. The molecule has 21 heavy (non-hydrogen) atoms. The van der Waals surface area contributed by atoms with Gasteiger partial charge < -0.3 is 5.32 Å². The minimum Gasteiger partial charge on any atom is -0.321 e. The topological polar surface area (TPSA) is 42.0 Å². The van der Waals surface area contributed by atoms with Crippen molar-refractivity contribution in [1.82, 2.24) is 4.98 Å². The van der Waals surface area contributed by atoms with E-state index in [1.165, 1.54) is 6.07 Å². The fourth-order valence-electron chi connectivity index (χ4n) is 2.16. The standard InChI is InChI=1S/C17H13FN2O/c1-11-6-7-13(10-15(11)18)20-17(21)16-14-5-3-2-4-12(14)8-9-19-16/h2-10H,1H3,(H,20,21). The molecule has 2 aromatic carbocycles. The Balaban J connectivity index is 1.95. The summed E-state index contributed by atoms with van der Waals surface area (Å²) in [6.07, 6.45) is 1.59. The first-order chi connectivity index (χ1) is 10.1. The van der Waals surface area contributed by atoms with Gasteiger partial charge in [0.25, 0.3) is 5.91 Å². The van der Waals surface area contributed by atoms with Crippen LogP contribution in [0.2, 0.25) is 0 Å². The number of benzene rings is 2. The Morgan fingerprint density at radius 1 is 1.14 bits per heavy atom. The van der Waals surface area contributed by atoms with Gasteiger partial charge in [-0.3, -0.25) is 9.78 Å². The highest BCUT2D eigenvalue weighted by molar-refractivity contribution is 6.11. The SMILES string of the molecule is Cc1ccc(NC(=O)c2nccc3ccccc23)cc1F. The van der Waals surface area contributed by atoms with Crippen molar-refractivity contribution in [1.29, 1.82) is 0 Å². The van der Waals surface area contributed by atoms with E-state index in [1.807, 2.05) is 30.3 Å². The van der Waals surface area contributed by atoms with Gasteiger partial charge in [0.15, 0.2) is 0 Å². The molecule has 0 spiro atoms. The fourth-order valence-corrected chi connectivity index (χ4v) is 2.16. The average molecular weight is 280 g/mol. The molecule has 4 heteroatoms. The van der Waals surface area contributed by atoms with Crippen LogP contribution in [0.1, 0.15) is 16.1 Å². The second-order valence-corrected chi connectivity index (χ2v) is 4.80. The van der Waals surface area contributed by atoms with E-state index in [0.29, 0.717) is 16.9 Å². The smallest absolute Gasteiger partial charge is 0.274 e. The number of carbonyl (C=O) groups excluding carboxylic acids is 1. The van der Waals surface area contributed by atoms with Gasteiger partial charge in [0.2, 0.25) is 0 Å². The van der Waals surface area contributed by atoms with Gasteiger partial charge in [0.1, 0.15) is 11.5 Å². The van der Waals surface area contributed by atoms with Gasteiger partial charge in [-0.05, 0) is 36.1 Å². The minimum atomic E-state index is -0.352. The number of amides is 1. The van der Waals surface area contributed by atoms with Crippen molar-refractivity contribution < 1.29 is 9.18 Å². The predicted octanol–water partition coefficient (Wildman–Crippen LogP) is 3.93. The van der Waals surface area contributed by atoms with Crippen LogP contribution < -0.4 is 5.32 Å². The van der Waals surface area contributed by atoms with Crippen LogP contribution >= 0.6 is 0 Å². The monoisotopic (exact) mass is 280 g/mol. The molecule has 0 radical (unpaired) electrons. The third-order valence-electron chi connectivity index (χ3n) is 3.32. The van der Waals surface area contributed by atoms with Crippen LogP contribution in [0.5, 0.6) is 0 Å². The number of hydrogen-bond acceptors (Lipinski definition) is 2. The van der Waals surface area contributed by atoms with Crippen molar-refractivity contribution >= 4 is 22.4 Å². The van der Waals surface area contributed by atoms with Crippen molar-refractivity contribution in [3.63, 3.8) is 0 Å². The molecule has 104 valence electrons. The second-order valence-electron chi connectivity index (χ2n) is 4.80. The minimum absolute atomic E-state index is 0.328. The van der Waals surface area contributed by atoms with Crippen molar-refractivity contribution in [3.8, 4) is 0 Å². The Labute approximate surface area is 121 Å². The summed E-state index contributed by atoms with van der Waals surface area (Å²) < 4.78 is 13.5. The maximum absolute atomic E-state index is 13.5. The molecule has 1 aromatic heterocycles. The zero-order valence-corrected chi connectivity index (χ0v) is 11.4. The highest BCUT2D eigenvalue weighted by Crippen LogP contribution is 2.19. The Bertz CT molecular complexity index is 825. The highest BCUT2D eigenvalue weighted by Gasteiger charge is 2.12. The zero-order valence-electron chi connectivity index (χ0n) is 11.4. The summed E-state index contributed by atoms with van der Waals surface area (Å²) in [4.78, 5) is 16.5. The number of hydrogen-bond donors (Lipinski definition) is 1. The Hall–Kier alpha value is -2.75. The van der Waals surface area contributed by atoms with Gasteiger partial charge in [-0.1, -0.05) is 30.3 Å². The van der Waals surface area contributed by atoms with Crippen molar-refractivity contribution in [2.24, 2.45) is 0 Å². The lowest BCUT2D eigenvalue weighted by atomic mass is 10.1. The molecule has 1 heterocycles. The number of nitrogens with one attached hydrogen (secondary N) is 1. The zero-order chi connectivity index (χ0) is 14.8. The summed E-state index contributed by atoms with van der Waals surface area (Å²) in [5.74, 6) is -0.700. The molecule has 3 aromatic rings.